The number of carbonyl (C=O) groups is 1. The number of aromatic nitrogens is 3. The van der Waals surface area contributed by atoms with Gasteiger partial charge in [0.05, 0.1) is 17.1 Å². The monoisotopic (exact) mass is 520 g/mol. The van der Waals surface area contributed by atoms with Gasteiger partial charge in [-0.3, -0.25) is 10.1 Å². The van der Waals surface area contributed by atoms with Crippen LogP contribution in [0.3, 0.4) is 0 Å². The maximum Gasteiger partial charge on any atom is 0.329 e. The van der Waals surface area contributed by atoms with Gasteiger partial charge in [-0.1, -0.05) is 6.07 Å². The van der Waals surface area contributed by atoms with Gasteiger partial charge in [0, 0.05) is 50.0 Å². The van der Waals surface area contributed by atoms with Crippen LogP contribution in [0.15, 0.2) is 35.3 Å². The largest absolute Gasteiger partial charge is 0.461 e. The number of aryl methyl sites for hydroxylation is 1. The molecule has 2 aromatic heterocycles. The fourth-order valence-electron chi connectivity index (χ4n) is 5.85. The van der Waals surface area contributed by atoms with Gasteiger partial charge in [0.15, 0.2) is 0 Å². The molecule has 3 fully saturated rings. The molecule has 0 radical (unpaired) electrons. The molecule has 2 aliphatic carbocycles. The summed E-state index contributed by atoms with van der Waals surface area (Å²) in [6.07, 6.45) is 7.34. The standard InChI is InChI=1S/C29H36N4O5/c1-18-12-21(16-30-27(18)35)26-32-23-13-20(6-7-24(23)33(26)17-19-8-10-37-11-9-19)15-31-29(14-25(29)34)28(36)38-22-4-2-3-5-22/h6-7,12-13,16,19,22,25,31,34H,2-5,8-11,14-15,17H2,1H3,(H,30,35)/t25-,29?/m0/s1. The SMILES string of the molecule is Cc1cc(-c2nc3cc(CNC4(C(=O)OC5CCCC5)C[C@@H]4O)ccc3n2CC2CCOCC2)c[nH]c1=O. The minimum Gasteiger partial charge on any atom is -0.461 e. The Labute approximate surface area is 221 Å². The molecule has 3 aromatic rings. The second-order valence-electron chi connectivity index (χ2n) is 11.2. The molecule has 2 atom stereocenters. The molecule has 1 saturated heterocycles. The van der Waals surface area contributed by atoms with E-state index in [9.17, 15) is 14.7 Å². The van der Waals surface area contributed by atoms with E-state index in [1.165, 1.54) is 0 Å². The van der Waals surface area contributed by atoms with Gasteiger partial charge in [0.2, 0.25) is 0 Å². The summed E-state index contributed by atoms with van der Waals surface area (Å²) in [5, 5.41) is 13.6. The van der Waals surface area contributed by atoms with E-state index in [4.69, 9.17) is 14.5 Å². The molecule has 9 nitrogen and oxygen atoms in total. The predicted octanol–water partition coefficient (Wildman–Crippen LogP) is 3.21. The van der Waals surface area contributed by atoms with Crippen molar-refractivity contribution >= 4 is 17.0 Å². The Morgan fingerprint density at radius 1 is 1.24 bits per heavy atom. The fourth-order valence-corrected chi connectivity index (χ4v) is 5.85. The van der Waals surface area contributed by atoms with E-state index in [0.717, 1.165) is 86.3 Å². The first-order valence-corrected chi connectivity index (χ1v) is 13.8. The van der Waals surface area contributed by atoms with E-state index in [1.54, 1.807) is 13.1 Å². The summed E-state index contributed by atoms with van der Waals surface area (Å²) in [6.45, 7) is 4.60. The van der Waals surface area contributed by atoms with Crippen LogP contribution in [0.25, 0.3) is 22.4 Å². The van der Waals surface area contributed by atoms with Crippen LogP contribution in [0.2, 0.25) is 0 Å². The number of rotatable bonds is 8. The number of aliphatic hydroxyl groups is 1. The van der Waals surface area contributed by atoms with Crippen molar-refractivity contribution in [3.05, 3.63) is 51.9 Å². The molecule has 0 amide bonds. The quantitative estimate of drug-likeness (QED) is 0.390. The zero-order valence-corrected chi connectivity index (χ0v) is 21.9. The first kappa shape index (κ1) is 25.3. The molecule has 202 valence electrons. The number of nitrogens with one attached hydrogen (secondary N) is 2. The minimum absolute atomic E-state index is 0.0278. The van der Waals surface area contributed by atoms with Crippen LogP contribution in [-0.4, -0.2) is 56.6 Å². The van der Waals surface area contributed by atoms with Crippen molar-refractivity contribution in [3.63, 3.8) is 0 Å². The number of aromatic amines is 1. The number of aliphatic hydroxyl groups excluding tert-OH is 1. The molecule has 38 heavy (non-hydrogen) atoms. The van der Waals surface area contributed by atoms with Gasteiger partial charge in [0.1, 0.15) is 17.5 Å². The van der Waals surface area contributed by atoms with E-state index >= 15 is 0 Å². The molecule has 1 aromatic carbocycles. The van der Waals surface area contributed by atoms with Crippen LogP contribution < -0.4 is 10.9 Å². The predicted molar refractivity (Wildman–Crippen MR) is 143 cm³/mol. The molecule has 2 saturated carbocycles. The van der Waals surface area contributed by atoms with Crippen LogP contribution in [0.4, 0.5) is 0 Å². The summed E-state index contributed by atoms with van der Waals surface area (Å²) >= 11 is 0. The summed E-state index contributed by atoms with van der Waals surface area (Å²) in [4.78, 5) is 32.7. The average Bonchev–Trinajstić information content (AvgIpc) is 3.21. The first-order valence-electron chi connectivity index (χ1n) is 13.8. The van der Waals surface area contributed by atoms with E-state index in [0.29, 0.717) is 24.4 Å². The normalized spacial score (nSPS) is 24.2. The molecule has 6 rings (SSSR count). The molecule has 9 heteroatoms. The lowest BCUT2D eigenvalue weighted by molar-refractivity contribution is -0.153. The van der Waals surface area contributed by atoms with Gasteiger partial charge in [-0.05, 0) is 75.1 Å². The summed E-state index contributed by atoms with van der Waals surface area (Å²) in [5.41, 5.74) is 3.27. The van der Waals surface area contributed by atoms with Gasteiger partial charge in [0.25, 0.3) is 5.56 Å². The van der Waals surface area contributed by atoms with E-state index in [-0.39, 0.29) is 17.6 Å². The zero-order chi connectivity index (χ0) is 26.3. The molecule has 1 unspecified atom stereocenters. The Balaban J connectivity index is 1.26. The first-order chi connectivity index (χ1) is 18.4. The van der Waals surface area contributed by atoms with Crippen molar-refractivity contribution in [1.29, 1.82) is 0 Å². The van der Waals surface area contributed by atoms with Crippen LogP contribution in [0.1, 0.15) is 56.1 Å². The maximum atomic E-state index is 12.9. The number of nitrogens with zero attached hydrogens (tertiary/aromatic N) is 2. The Morgan fingerprint density at radius 3 is 2.71 bits per heavy atom. The summed E-state index contributed by atoms with van der Waals surface area (Å²) in [7, 11) is 0. The lowest BCUT2D eigenvalue weighted by atomic mass is 10.00. The van der Waals surface area contributed by atoms with E-state index < -0.39 is 11.6 Å². The highest BCUT2D eigenvalue weighted by molar-refractivity contribution is 5.86. The van der Waals surface area contributed by atoms with Crippen LogP contribution >= 0.6 is 0 Å². The fraction of sp³-hybridized carbons (Fsp3) is 0.552. The molecular weight excluding hydrogens is 484 g/mol. The summed E-state index contributed by atoms with van der Waals surface area (Å²) in [5.74, 6) is 0.979. The number of hydrogen-bond acceptors (Lipinski definition) is 7. The Morgan fingerprint density at radius 2 is 2.00 bits per heavy atom. The number of ether oxygens (including phenoxy) is 2. The third-order valence-corrected chi connectivity index (χ3v) is 8.41. The van der Waals surface area contributed by atoms with Crippen molar-refractivity contribution in [2.75, 3.05) is 13.2 Å². The van der Waals surface area contributed by atoms with Crippen molar-refractivity contribution in [3.8, 4) is 11.4 Å². The number of carbonyl (C=O) groups excluding carboxylic acids is 1. The molecule has 3 aliphatic rings. The van der Waals surface area contributed by atoms with E-state index in [1.807, 2.05) is 18.2 Å². The van der Waals surface area contributed by atoms with Crippen molar-refractivity contribution in [2.24, 2.45) is 5.92 Å². The zero-order valence-electron chi connectivity index (χ0n) is 21.9. The lowest BCUT2D eigenvalue weighted by Gasteiger charge is -2.23. The molecule has 0 bridgehead atoms. The highest BCUT2D eigenvalue weighted by atomic mass is 16.5. The number of esters is 1. The number of benzene rings is 1. The highest BCUT2D eigenvalue weighted by Crippen LogP contribution is 2.39. The maximum absolute atomic E-state index is 12.9. The Hall–Kier alpha value is -3.01. The number of imidazole rings is 1. The topological polar surface area (TPSA) is 118 Å². The molecule has 1 aliphatic heterocycles. The average molecular weight is 521 g/mol. The van der Waals surface area contributed by atoms with Crippen LogP contribution in [0.5, 0.6) is 0 Å². The van der Waals surface area contributed by atoms with Gasteiger partial charge >= 0.3 is 5.97 Å². The molecule has 0 spiro atoms. The summed E-state index contributed by atoms with van der Waals surface area (Å²) < 4.78 is 13.5. The second kappa shape index (κ2) is 10.3. The third kappa shape index (κ3) is 4.90. The highest BCUT2D eigenvalue weighted by Gasteiger charge is 2.61. The van der Waals surface area contributed by atoms with Gasteiger partial charge in [-0.2, -0.15) is 0 Å². The van der Waals surface area contributed by atoms with Crippen LogP contribution in [0, 0.1) is 12.8 Å². The third-order valence-electron chi connectivity index (χ3n) is 8.41. The second-order valence-corrected chi connectivity index (χ2v) is 11.2. The Kier molecular flexibility index (Phi) is 6.84. The van der Waals surface area contributed by atoms with Crippen molar-refractivity contribution < 1.29 is 19.4 Å². The molecular formula is C29H36N4O5. The lowest BCUT2D eigenvalue weighted by Crippen LogP contribution is -2.44. The Bertz CT molecular complexity index is 1390. The summed E-state index contributed by atoms with van der Waals surface area (Å²) in [6, 6.07) is 8.05. The molecule has 3 N–H and O–H groups in total. The van der Waals surface area contributed by atoms with Crippen molar-refractivity contribution in [1.82, 2.24) is 19.9 Å². The molecule has 3 heterocycles. The van der Waals surface area contributed by atoms with Gasteiger partial charge in [-0.15, -0.1) is 0 Å². The van der Waals surface area contributed by atoms with Gasteiger partial charge in [-0.25, -0.2) is 9.78 Å². The number of hydrogen-bond donors (Lipinski definition) is 3. The number of H-pyrrole nitrogens is 1. The smallest absolute Gasteiger partial charge is 0.329 e. The number of fused-ring (bicyclic) bond motifs is 1. The van der Waals surface area contributed by atoms with Gasteiger partial charge < -0.3 is 24.1 Å². The number of pyridine rings is 1. The van der Waals surface area contributed by atoms with Crippen molar-refractivity contribution in [2.45, 2.75) is 82.7 Å². The van der Waals surface area contributed by atoms with Crippen LogP contribution in [-0.2, 0) is 27.4 Å². The van der Waals surface area contributed by atoms with E-state index in [2.05, 4.69) is 20.9 Å². The minimum atomic E-state index is -1.02.